The molecule has 7 heteroatoms. The molecule has 0 fully saturated rings. The Balaban J connectivity index is 1.93. The van der Waals surface area contributed by atoms with Gasteiger partial charge in [0.15, 0.2) is 4.96 Å². The summed E-state index contributed by atoms with van der Waals surface area (Å²) < 4.78 is 12.7. The van der Waals surface area contributed by atoms with Crippen LogP contribution in [0.25, 0.3) is 16.2 Å². The summed E-state index contributed by atoms with van der Waals surface area (Å²) in [4.78, 5) is 17.5. The summed E-state index contributed by atoms with van der Waals surface area (Å²) in [6.07, 6.45) is 3.20. The van der Waals surface area contributed by atoms with E-state index in [1.54, 1.807) is 14.2 Å². The number of ether oxygens (including phenoxy) is 2. The van der Waals surface area contributed by atoms with Gasteiger partial charge < -0.3 is 14.8 Å². The SMILES string of the molecule is CCCNC(=O)Cc1csc2nc(-c3cc(OC)ccc3OC)cn12. The fraction of sp³-hybridized carbons (Fsp3) is 0.333. The lowest BCUT2D eigenvalue weighted by atomic mass is 10.1. The van der Waals surface area contributed by atoms with Crippen LogP contribution >= 0.6 is 11.3 Å². The van der Waals surface area contributed by atoms with Crippen LogP contribution in [0, 0.1) is 0 Å². The Bertz CT molecular complexity index is 885. The summed E-state index contributed by atoms with van der Waals surface area (Å²) in [6.45, 7) is 2.73. The second kappa shape index (κ2) is 7.57. The maximum atomic E-state index is 12.0. The van der Waals surface area contributed by atoms with Crippen LogP contribution in [0.15, 0.2) is 29.8 Å². The van der Waals surface area contributed by atoms with Gasteiger partial charge in [0.2, 0.25) is 5.91 Å². The van der Waals surface area contributed by atoms with E-state index in [2.05, 4.69) is 10.3 Å². The van der Waals surface area contributed by atoms with Gasteiger partial charge in [-0.25, -0.2) is 4.98 Å². The van der Waals surface area contributed by atoms with Crippen LogP contribution in [0.1, 0.15) is 19.0 Å². The third-order valence-corrected chi connectivity index (χ3v) is 4.77. The number of carbonyl (C=O) groups is 1. The maximum absolute atomic E-state index is 12.0. The van der Waals surface area contributed by atoms with E-state index in [0.717, 1.165) is 39.8 Å². The van der Waals surface area contributed by atoms with Crippen LogP contribution in [0.3, 0.4) is 0 Å². The highest BCUT2D eigenvalue weighted by Crippen LogP contribution is 2.34. The minimum atomic E-state index is 0.0239. The molecule has 0 saturated heterocycles. The Morgan fingerprint density at radius 1 is 1.32 bits per heavy atom. The predicted octanol–water partition coefficient (Wildman–Crippen LogP) is 3.15. The first-order valence-corrected chi connectivity index (χ1v) is 8.98. The van der Waals surface area contributed by atoms with Crippen LogP contribution in [-0.2, 0) is 11.2 Å². The molecule has 3 rings (SSSR count). The van der Waals surface area contributed by atoms with Gasteiger partial charge in [0.1, 0.15) is 11.5 Å². The number of nitrogens with one attached hydrogen (secondary N) is 1. The molecule has 0 aliphatic rings. The number of thiazole rings is 1. The second-order valence-corrected chi connectivity index (χ2v) is 6.44. The molecule has 1 N–H and O–H groups in total. The highest BCUT2D eigenvalue weighted by molar-refractivity contribution is 7.15. The number of methoxy groups -OCH3 is 2. The number of imidazole rings is 1. The zero-order valence-electron chi connectivity index (χ0n) is 14.5. The molecule has 2 heterocycles. The van der Waals surface area contributed by atoms with Crippen molar-refractivity contribution in [2.75, 3.05) is 20.8 Å². The largest absolute Gasteiger partial charge is 0.497 e. The third kappa shape index (κ3) is 3.61. The van der Waals surface area contributed by atoms with E-state index in [-0.39, 0.29) is 5.91 Å². The van der Waals surface area contributed by atoms with Crippen molar-refractivity contribution in [3.63, 3.8) is 0 Å². The molecule has 2 aromatic heterocycles. The normalized spacial score (nSPS) is 10.8. The molecule has 0 radical (unpaired) electrons. The van der Waals surface area contributed by atoms with Crippen LogP contribution in [0.2, 0.25) is 0 Å². The van der Waals surface area contributed by atoms with Crippen molar-refractivity contribution in [2.24, 2.45) is 0 Å². The van der Waals surface area contributed by atoms with E-state index in [1.807, 2.05) is 41.1 Å². The first-order chi connectivity index (χ1) is 12.2. The van der Waals surface area contributed by atoms with Gasteiger partial charge in [0.05, 0.1) is 26.3 Å². The summed E-state index contributed by atoms with van der Waals surface area (Å²) in [7, 11) is 3.26. The Labute approximate surface area is 150 Å². The number of nitrogens with zero attached hydrogens (tertiary/aromatic N) is 2. The van der Waals surface area contributed by atoms with Crippen molar-refractivity contribution in [3.8, 4) is 22.8 Å². The molecule has 0 aliphatic heterocycles. The van der Waals surface area contributed by atoms with Crippen molar-refractivity contribution in [1.29, 1.82) is 0 Å². The van der Waals surface area contributed by atoms with Crippen LogP contribution in [0.4, 0.5) is 0 Å². The molecule has 0 saturated carbocycles. The molecule has 0 unspecified atom stereocenters. The number of carbonyl (C=O) groups excluding carboxylic acids is 1. The molecule has 6 nitrogen and oxygen atoms in total. The number of hydrogen-bond donors (Lipinski definition) is 1. The van der Waals surface area contributed by atoms with Gasteiger partial charge in [-0.2, -0.15) is 0 Å². The first-order valence-electron chi connectivity index (χ1n) is 8.10. The minimum absolute atomic E-state index is 0.0239. The number of benzene rings is 1. The minimum Gasteiger partial charge on any atom is -0.497 e. The van der Waals surface area contributed by atoms with Crippen molar-refractivity contribution in [1.82, 2.24) is 14.7 Å². The van der Waals surface area contributed by atoms with Gasteiger partial charge >= 0.3 is 0 Å². The monoisotopic (exact) mass is 359 g/mol. The lowest BCUT2D eigenvalue weighted by Gasteiger charge is -2.08. The fourth-order valence-electron chi connectivity index (χ4n) is 2.59. The smallest absolute Gasteiger partial charge is 0.225 e. The molecule has 0 bridgehead atoms. The second-order valence-electron chi connectivity index (χ2n) is 5.60. The quantitative estimate of drug-likeness (QED) is 0.704. The van der Waals surface area contributed by atoms with Gasteiger partial charge in [0.25, 0.3) is 0 Å². The summed E-state index contributed by atoms with van der Waals surface area (Å²) in [5, 5.41) is 4.88. The van der Waals surface area contributed by atoms with Gasteiger partial charge in [-0.05, 0) is 24.6 Å². The average Bonchev–Trinajstić information content (AvgIpc) is 3.21. The molecule has 0 aliphatic carbocycles. The molecule has 0 atom stereocenters. The lowest BCUT2D eigenvalue weighted by molar-refractivity contribution is -0.120. The number of rotatable bonds is 7. The molecule has 25 heavy (non-hydrogen) atoms. The van der Waals surface area contributed by atoms with E-state index >= 15 is 0 Å². The first kappa shape index (κ1) is 17.3. The van der Waals surface area contributed by atoms with E-state index in [4.69, 9.17) is 9.47 Å². The summed E-state index contributed by atoms with van der Waals surface area (Å²) in [5.74, 6) is 1.50. The summed E-state index contributed by atoms with van der Waals surface area (Å²) >= 11 is 1.52. The summed E-state index contributed by atoms with van der Waals surface area (Å²) in [6, 6.07) is 5.61. The zero-order chi connectivity index (χ0) is 17.8. The van der Waals surface area contributed by atoms with E-state index in [0.29, 0.717) is 13.0 Å². The van der Waals surface area contributed by atoms with E-state index < -0.39 is 0 Å². The fourth-order valence-corrected chi connectivity index (χ4v) is 3.46. The van der Waals surface area contributed by atoms with Crippen molar-refractivity contribution in [3.05, 3.63) is 35.5 Å². The Kier molecular flexibility index (Phi) is 5.23. The molecule has 1 amide bonds. The highest BCUT2D eigenvalue weighted by atomic mass is 32.1. The molecule has 1 aromatic carbocycles. The molecule has 3 aromatic rings. The number of aromatic nitrogens is 2. The van der Waals surface area contributed by atoms with Crippen molar-refractivity contribution >= 4 is 22.2 Å². The van der Waals surface area contributed by atoms with Gasteiger partial charge in [-0.1, -0.05) is 6.92 Å². The number of hydrogen-bond acceptors (Lipinski definition) is 5. The molecule has 132 valence electrons. The Hall–Kier alpha value is -2.54. The predicted molar refractivity (Wildman–Crippen MR) is 98.6 cm³/mol. The van der Waals surface area contributed by atoms with Crippen LogP contribution < -0.4 is 14.8 Å². The molecular formula is C18H21N3O3S. The van der Waals surface area contributed by atoms with Gasteiger partial charge in [0, 0.05) is 29.4 Å². The number of fused-ring (bicyclic) bond motifs is 1. The van der Waals surface area contributed by atoms with E-state index in [9.17, 15) is 4.79 Å². The number of amides is 1. The van der Waals surface area contributed by atoms with Gasteiger partial charge in [-0.15, -0.1) is 11.3 Å². The Morgan fingerprint density at radius 3 is 2.88 bits per heavy atom. The topological polar surface area (TPSA) is 64.9 Å². The standard InChI is InChI=1S/C18H21N3O3S/c1-4-7-19-17(22)8-12-11-25-18-20-15(10-21(12)18)14-9-13(23-2)5-6-16(14)24-3/h5-6,9-11H,4,7-8H2,1-3H3,(H,19,22). The maximum Gasteiger partial charge on any atom is 0.225 e. The third-order valence-electron chi connectivity index (χ3n) is 3.88. The molecule has 0 spiro atoms. The highest BCUT2D eigenvalue weighted by Gasteiger charge is 2.15. The van der Waals surface area contributed by atoms with Crippen molar-refractivity contribution < 1.29 is 14.3 Å². The summed E-state index contributed by atoms with van der Waals surface area (Å²) in [5.41, 5.74) is 2.58. The van der Waals surface area contributed by atoms with Gasteiger partial charge in [-0.3, -0.25) is 9.20 Å². The van der Waals surface area contributed by atoms with E-state index in [1.165, 1.54) is 11.3 Å². The zero-order valence-corrected chi connectivity index (χ0v) is 15.4. The van der Waals surface area contributed by atoms with Crippen LogP contribution in [-0.4, -0.2) is 36.1 Å². The Morgan fingerprint density at radius 2 is 2.16 bits per heavy atom. The average molecular weight is 359 g/mol. The van der Waals surface area contributed by atoms with Crippen molar-refractivity contribution in [2.45, 2.75) is 19.8 Å². The molecular weight excluding hydrogens is 338 g/mol. The van der Waals surface area contributed by atoms with Crippen LogP contribution in [0.5, 0.6) is 11.5 Å². The lowest BCUT2D eigenvalue weighted by Crippen LogP contribution is -2.26.